The van der Waals surface area contributed by atoms with Crippen LogP contribution >= 0.6 is 0 Å². The van der Waals surface area contributed by atoms with Crippen molar-refractivity contribution in [3.05, 3.63) is 68.8 Å². The van der Waals surface area contributed by atoms with Gasteiger partial charge in [0.05, 0.1) is 16.8 Å². The van der Waals surface area contributed by atoms with Crippen LogP contribution in [0.25, 0.3) is 0 Å². The summed E-state index contributed by atoms with van der Waals surface area (Å²) in [4.78, 5) is 10.5. The van der Waals surface area contributed by atoms with Gasteiger partial charge in [0.15, 0.2) is 0 Å². The summed E-state index contributed by atoms with van der Waals surface area (Å²) < 4.78 is 0. The predicted octanol–water partition coefficient (Wildman–Crippen LogP) is 3.97. The van der Waals surface area contributed by atoms with Crippen molar-refractivity contribution in [2.45, 2.75) is 20.8 Å². The van der Waals surface area contributed by atoms with Crippen molar-refractivity contribution in [3.8, 4) is 0 Å². The van der Waals surface area contributed by atoms with Gasteiger partial charge < -0.3 is 0 Å². The Morgan fingerprint density at radius 3 is 2.43 bits per heavy atom. The second-order valence-electron chi connectivity index (χ2n) is 4.97. The molecule has 0 unspecified atom stereocenters. The second-order valence-corrected chi connectivity index (χ2v) is 4.97. The molecular weight excluding hydrogens is 266 g/mol. The SMILES string of the molecule is Cc1ccc(NN=Cc2ccc(C)c([N+](=O)[O-])c2)cc1C. The summed E-state index contributed by atoms with van der Waals surface area (Å²) in [5.41, 5.74) is 7.64. The Balaban J connectivity index is 2.12. The van der Waals surface area contributed by atoms with Gasteiger partial charge in [0.1, 0.15) is 0 Å². The van der Waals surface area contributed by atoms with Crippen molar-refractivity contribution < 1.29 is 4.92 Å². The molecule has 0 amide bonds. The molecule has 0 bridgehead atoms. The number of rotatable bonds is 4. The van der Waals surface area contributed by atoms with Gasteiger partial charge in [-0.2, -0.15) is 5.10 Å². The lowest BCUT2D eigenvalue weighted by Gasteiger charge is -2.04. The molecule has 0 spiro atoms. The molecule has 2 rings (SSSR count). The highest BCUT2D eigenvalue weighted by Gasteiger charge is 2.09. The van der Waals surface area contributed by atoms with Crippen LogP contribution in [0.5, 0.6) is 0 Å². The number of nitrogens with zero attached hydrogens (tertiary/aromatic N) is 2. The Morgan fingerprint density at radius 2 is 1.76 bits per heavy atom. The molecule has 1 N–H and O–H groups in total. The normalized spacial score (nSPS) is 10.8. The fourth-order valence-corrected chi connectivity index (χ4v) is 1.90. The van der Waals surface area contributed by atoms with E-state index in [2.05, 4.69) is 10.5 Å². The molecule has 0 radical (unpaired) electrons. The third-order valence-corrected chi connectivity index (χ3v) is 3.34. The first-order valence-corrected chi connectivity index (χ1v) is 6.59. The molecule has 0 fully saturated rings. The van der Waals surface area contributed by atoms with Crippen molar-refractivity contribution in [1.82, 2.24) is 0 Å². The van der Waals surface area contributed by atoms with E-state index in [1.54, 1.807) is 25.3 Å². The average Bonchev–Trinajstić information content (AvgIpc) is 2.44. The third kappa shape index (κ3) is 3.66. The van der Waals surface area contributed by atoms with Crippen LogP contribution in [0.1, 0.15) is 22.3 Å². The lowest BCUT2D eigenvalue weighted by Crippen LogP contribution is -1.95. The van der Waals surface area contributed by atoms with E-state index in [9.17, 15) is 10.1 Å². The van der Waals surface area contributed by atoms with Gasteiger partial charge in [0.25, 0.3) is 5.69 Å². The Hall–Kier alpha value is -2.69. The number of hydrogen-bond donors (Lipinski definition) is 1. The van der Waals surface area contributed by atoms with Crippen LogP contribution in [0.3, 0.4) is 0 Å². The van der Waals surface area contributed by atoms with E-state index >= 15 is 0 Å². The minimum absolute atomic E-state index is 0.102. The summed E-state index contributed by atoms with van der Waals surface area (Å²) in [6, 6.07) is 11.0. The van der Waals surface area contributed by atoms with Crippen molar-refractivity contribution in [2.24, 2.45) is 5.10 Å². The zero-order valence-corrected chi connectivity index (χ0v) is 12.3. The minimum atomic E-state index is -0.385. The molecule has 2 aromatic carbocycles. The number of hydrogen-bond acceptors (Lipinski definition) is 4. The third-order valence-electron chi connectivity index (χ3n) is 3.34. The highest BCUT2D eigenvalue weighted by atomic mass is 16.6. The number of nitro groups is 1. The summed E-state index contributed by atoms with van der Waals surface area (Å²) in [7, 11) is 0. The lowest BCUT2D eigenvalue weighted by molar-refractivity contribution is -0.385. The van der Waals surface area contributed by atoms with Gasteiger partial charge in [-0.15, -0.1) is 0 Å². The fourth-order valence-electron chi connectivity index (χ4n) is 1.90. The van der Waals surface area contributed by atoms with Crippen LogP contribution in [0.4, 0.5) is 11.4 Å². The number of hydrazone groups is 1. The summed E-state index contributed by atoms with van der Waals surface area (Å²) >= 11 is 0. The summed E-state index contributed by atoms with van der Waals surface area (Å²) in [6.45, 7) is 5.80. The first kappa shape index (κ1) is 14.7. The Bertz CT molecular complexity index is 709. The summed E-state index contributed by atoms with van der Waals surface area (Å²) in [5, 5.41) is 15.0. The molecule has 0 heterocycles. The Labute approximate surface area is 123 Å². The molecule has 0 aromatic heterocycles. The monoisotopic (exact) mass is 283 g/mol. The lowest BCUT2D eigenvalue weighted by atomic mass is 10.1. The molecule has 21 heavy (non-hydrogen) atoms. The van der Waals surface area contributed by atoms with E-state index in [0.717, 1.165) is 5.69 Å². The van der Waals surface area contributed by atoms with Crippen LogP contribution in [0, 0.1) is 30.9 Å². The highest BCUT2D eigenvalue weighted by molar-refractivity contribution is 5.81. The molecule has 2 aromatic rings. The Morgan fingerprint density at radius 1 is 1.05 bits per heavy atom. The molecule has 0 saturated heterocycles. The van der Waals surface area contributed by atoms with Crippen LogP contribution < -0.4 is 5.43 Å². The highest BCUT2D eigenvalue weighted by Crippen LogP contribution is 2.18. The zero-order valence-electron chi connectivity index (χ0n) is 12.3. The zero-order chi connectivity index (χ0) is 15.4. The van der Waals surface area contributed by atoms with E-state index in [-0.39, 0.29) is 10.6 Å². The topological polar surface area (TPSA) is 67.5 Å². The van der Waals surface area contributed by atoms with Crippen molar-refractivity contribution in [3.63, 3.8) is 0 Å². The van der Waals surface area contributed by atoms with Gasteiger partial charge >= 0.3 is 0 Å². The predicted molar refractivity (Wildman–Crippen MR) is 85.0 cm³/mol. The minimum Gasteiger partial charge on any atom is -0.278 e. The number of aryl methyl sites for hydroxylation is 3. The maximum atomic E-state index is 10.9. The molecule has 108 valence electrons. The number of nitro benzene ring substituents is 1. The molecule has 5 heteroatoms. The Kier molecular flexibility index (Phi) is 4.33. The van der Waals surface area contributed by atoms with Crippen LogP contribution in [-0.2, 0) is 0 Å². The number of nitrogens with one attached hydrogen (secondary N) is 1. The maximum absolute atomic E-state index is 10.9. The van der Waals surface area contributed by atoms with Gasteiger partial charge in [0.2, 0.25) is 0 Å². The van der Waals surface area contributed by atoms with Gasteiger partial charge in [-0.05, 0) is 44.0 Å². The molecule has 0 aliphatic carbocycles. The van der Waals surface area contributed by atoms with Gasteiger partial charge in [-0.25, -0.2) is 0 Å². The quantitative estimate of drug-likeness (QED) is 0.524. The molecule has 5 nitrogen and oxygen atoms in total. The van der Waals surface area contributed by atoms with Gasteiger partial charge in [0, 0.05) is 17.2 Å². The molecule has 0 saturated carbocycles. The van der Waals surface area contributed by atoms with E-state index in [1.165, 1.54) is 17.2 Å². The van der Waals surface area contributed by atoms with Crippen molar-refractivity contribution in [1.29, 1.82) is 0 Å². The van der Waals surface area contributed by atoms with Crippen LogP contribution in [-0.4, -0.2) is 11.1 Å². The molecule has 0 aliphatic heterocycles. The largest absolute Gasteiger partial charge is 0.278 e. The summed E-state index contributed by atoms with van der Waals surface area (Å²) in [5.74, 6) is 0. The van der Waals surface area contributed by atoms with E-state index in [1.807, 2.05) is 32.0 Å². The fraction of sp³-hybridized carbons (Fsp3) is 0.188. The van der Waals surface area contributed by atoms with E-state index in [4.69, 9.17) is 0 Å². The van der Waals surface area contributed by atoms with Crippen LogP contribution in [0.15, 0.2) is 41.5 Å². The number of anilines is 1. The van der Waals surface area contributed by atoms with E-state index in [0.29, 0.717) is 11.1 Å². The smallest absolute Gasteiger partial charge is 0.272 e. The molecule has 0 aliphatic rings. The van der Waals surface area contributed by atoms with Gasteiger partial charge in [-0.3, -0.25) is 15.5 Å². The number of benzene rings is 2. The standard InChI is InChI=1S/C16H17N3O2/c1-11-5-7-15(8-13(11)3)18-17-10-14-6-4-12(2)16(9-14)19(20)21/h4-10,18H,1-3H3. The molecular formula is C16H17N3O2. The van der Waals surface area contributed by atoms with Gasteiger partial charge in [-0.1, -0.05) is 18.2 Å². The van der Waals surface area contributed by atoms with Crippen LogP contribution in [0.2, 0.25) is 0 Å². The second kappa shape index (κ2) is 6.17. The first-order chi connectivity index (χ1) is 9.97. The first-order valence-electron chi connectivity index (χ1n) is 6.59. The van der Waals surface area contributed by atoms with Crippen molar-refractivity contribution in [2.75, 3.05) is 5.43 Å². The summed E-state index contributed by atoms with van der Waals surface area (Å²) in [6.07, 6.45) is 1.57. The van der Waals surface area contributed by atoms with Crippen molar-refractivity contribution >= 4 is 17.6 Å². The maximum Gasteiger partial charge on any atom is 0.272 e. The average molecular weight is 283 g/mol. The molecule has 0 atom stereocenters. The van der Waals surface area contributed by atoms with E-state index < -0.39 is 0 Å².